The number of aliphatic carboxylic acids is 1. The maximum atomic E-state index is 12.5. The Labute approximate surface area is 119 Å². The van der Waals surface area contributed by atoms with Crippen LogP contribution in [0.1, 0.15) is 32.6 Å². The minimum Gasteiger partial charge on any atom is -0.481 e. The molecule has 2 amide bonds. The molecule has 0 aromatic heterocycles. The molecule has 2 aliphatic heterocycles. The van der Waals surface area contributed by atoms with Crippen LogP contribution in [0.2, 0.25) is 0 Å². The van der Waals surface area contributed by atoms with Gasteiger partial charge in [-0.15, -0.1) is 0 Å². The van der Waals surface area contributed by atoms with Gasteiger partial charge in [0.15, 0.2) is 0 Å². The second kappa shape index (κ2) is 5.99. The lowest BCUT2D eigenvalue weighted by atomic mass is 9.84. The summed E-state index contributed by atoms with van der Waals surface area (Å²) in [6.07, 6.45) is 2.93. The van der Waals surface area contributed by atoms with E-state index in [1.807, 2.05) is 6.92 Å². The summed E-state index contributed by atoms with van der Waals surface area (Å²) in [6, 6.07) is -0.0697. The smallest absolute Gasteiger partial charge is 0.320 e. The largest absolute Gasteiger partial charge is 0.481 e. The Hall–Kier alpha value is -1.30. The highest BCUT2D eigenvalue weighted by Gasteiger charge is 2.45. The third kappa shape index (κ3) is 2.75. The number of nitrogens with zero attached hydrogens (tertiary/aromatic N) is 2. The van der Waals surface area contributed by atoms with E-state index in [0.717, 1.165) is 12.8 Å². The Morgan fingerprint density at radius 1 is 1.30 bits per heavy atom. The molecule has 0 radical (unpaired) electrons. The van der Waals surface area contributed by atoms with Crippen molar-refractivity contribution in [3.63, 3.8) is 0 Å². The normalized spacial score (nSPS) is 30.6. The molecule has 0 bridgehead atoms. The van der Waals surface area contributed by atoms with Crippen molar-refractivity contribution >= 4 is 12.0 Å². The average Bonchev–Trinajstić information content (AvgIpc) is 2.92. The Morgan fingerprint density at radius 3 is 2.60 bits per heavy atom. The lowest BCUT2D eigenvalue weighted by Gasteiger charge is -2.35. The van der Waals surface area contributed by atoms with Crippen LogP contribution in [0.15, 0.2) is 0 Å². The van der Waals surface area contributed by atoms with Gasteiger partial charge in [0.25, 0.3) is 0 Å². The number of piperidine rings is 1. The van der Waals surface area contributed by atoms with Gasteiger partial charge in [-0.2, -0.15) is 0 Å². The number of hydrogen-bond acceptors (Lipinski definition) is 3. The molecule has 0 saturated carbocycles. The molecule has 2 N–H and O–H groups in total. The topological polar surface area (TPSA) is 81.1 Å². The van der Waals surface area contributed by atoms with Gasteiger partial charge in [0.1, 0.15) is 0 Å². The fraction of sp³-hybridized carbons (Fsp3) is 0.857. The first-order chi connectivity index (χ1) is 9.52. The van der Waals surface area contributed by atoms with E-state index in [4.69, 9.17) is 0 Å². The van der Waals surface area contributed by atoms with Crippen LogP contribution >= 0.6 is 0 Å². The minimum atomic E-state index is -0.804. The zero-order chi connectivity index (χ0) is 14.8. The van der Waals surface area contributed by atoms with Gasteiger partial charge in [-0.25, -0.2) is 4.79 Å². The second-order valence-electron chi connectivity index (χ2n) is 6.03. The number of aliphatic hydroxyl groups is 1. The Balaban J connectivity index is 1.99. The number of carbonyl (C=O) groups is 2. The molecule has 6 nitrogen and oxygen atoms in total. The molecule has 6 heteroatoms. The van der Waals surface area contributed by atoms with E-state index in [0.29, 0.717) is 39.0 Å². The molecule has 2 aliphatic rings. The molecule has 2 heterocycles. The SMILES string of the molecule is CCC1(C(=O)O)CCN(C(=O)N2CCCC(CO)C2)C1. The maximum Gasteiger partial charge on any atom is 0.320 e. The number of hydrogen-bond donors (Lipinski definition) is 2. The third-order valence-corrected chi connectivity index (χ3v) is 4.80. The zero-order valence-electron chi connectivity index (χ0n) is 12.0. The molecule has 0 aromatic carbocycles. The molecular weight excluding hydrogens is 260 g/mol. The van der Waals surface area contributed by atoms with Gasteiger partial charge in [-0.1, -0.05) is 6.92 Å². The molecule has 2 fully saturated rings. The van der Waals surface area contributed by atoms with Crippen LogP contribution in [0.25, 0.3) is 0 Å². The first-order valence-corrected chi connectivity index (χ1v) is 7.40. The summed E-state index contributed by atoms with van der Waals surface area (Å²) in [5.41, 5.74) is -0.776. The number of carboxylic acids is 1. The van der Waals surface area contributed by atoms with Crippen molar-refractivity contribution < 1.29 is 19.8 Å². The van der Waals surface area contributed by atoms with E-state index in [1.165, 1.54) is 0 Å². The van der Waals surface area contributed by atoms with Crippen molar-refractivity contribution in [3.05, 3.63) is 0 Å². The van der Waals surface area contributed by atoms with Gasteiger partial charge >= 0.3 is 12.0 Å². The molecular formula is C14H24N2O4. The monoisotopic (exact) mass is 284 g/mol. The summed E-state index contributed by atoms with van der Waals surface area (Å²) >= 11 is 0. The van der Waals surface area contributed by atoms with Crippen LogP contribution in [0.5, 0.6) is 0 Å². The summed E-state index contributed by atoms with van der Waals surface area (Å²) in [6.45, 7) is 4.08. The standard InChI is InChI=1S/C14H24N2O4/c1-2-14(12(18)19)5-7-16(10-14)13(20)15-6-3-4-11(8-15)9-17/h11,17H,2-10H2,1H3,(H,18,19). The molecule has 0 aromatic rings. The van der Waals surface area contributed by atoms with Crippen LogP contribution in [0.3, 0.4) is 0 Å². The minimum absolute atomic E-state index is 0.0697. The van der Waals surface area contributed by atoms with E-state index in [2.05, 4.69) is 0 Å². The highest BCUT2D eigenvalue weighted by molar-refractivity contribution is 5.79. The first-order valence-electron chi connectivity index (χ1n) is 7.40. The van der Waals surface area contributed by atoms with Gasteiger partial charge < -0.3 is 20.0 Å². The van der Waals surface area contributed by atoms with Crippen molar-refractivity contribution in [1.29, 1.82) is 0 Å². The molecule has 2 atom stereocenters. The zero-order valence-corrected chi connectivity index (χ0v) is 12.0. The molecule has 114 valence electrons. The van der Waals surface area contributed by atoms with Crippen molar-refractivity contribution in [2.45, 2.75) is 32.6 Å². The lowest BCUT2D eigenvalue weighted by Crippen LogP contribution is -2.48. The molecule has 0 spiro atoms. The van der Waals surface area contributed by atoms with Gasteiger partial charge in [-0.3, -0.25) is 4.79 Å². The fourth-order valence-electron chi connectivity index (χ4n) is 3.24. The van der Waals surface area contributed by atoms with E-state index >= 15 is 0 Å². The molecule has 2 rings (SSSR count). The number of aliphatic hydroxyl groups excluding tert-OH is 1. The van der Waals surface area contributed by atoms with E-state index < -0.39 is 11.4 Å². The van der Waals surface area contributed by atoms with Crippen molar-refractivity contribution in [2.75, 3.05) is 32.8 Å². The van der Waals surface area contributed by atoms with E-state index in [-0.39, 0.29) is 18.6 Å². The quantitative estimate of drug-likeness (QED) is 0.810. The molecule has 20 heavy (non-hydrogen) atoms. The number of likely N-dealkylation sites (tertiary alicyclic amines) is 2. The average molecular weight is 284 g/mol. The highest BCUT2D eigenvalue weighted by atomic mass is 16.4. The highest BCUT2D eigenvalue weighted by Crippen LogP contribution is 2.35. The van der Waals surface area contributed by atoms with Gasteiger partial charge in [0, 0.05) is 32.8 Å². The summed E-state index contributed by atoms with van der Waals surface area (Å²) in [5.74, 6) is -0.645. The van der Waals surface area contributed by atoms with Crippen LogP contribution in [0.4, 0.5) is 4.79 Å². The summed E-state index contributed by atoms with van der Waals surface area (Å²) in [7, 11) is 0. The van der Waals surface area contributed by atoms with Gasteiger partial charge in [-0.05, 0) is 31.6 Å². The van der Waals surface area contributed by atoms with Gasteiger partial charge in [0.2, 0.25) is 0 Å². The van der Waals surface area contributed by atoms with Crippen LogP contribution in [0, 0.1) is 11.3 Å². The predicted molar refractivity (Wildman–Crippen MR) is 73.3 cm³/mol. The number of carbonyl (C=O) groups excluding carboxylic acids is 1. The van der Waals surface area contributed by atoms with Crippen LogP contribution < -0.4 is 0 Å². The Morgan fingerprint density at radius 2 is 2.05 bits per heavy atom. The molecule has 2 saturated heterocycles. The summed E-state index contributed by atoms with van der Waals surface area (Å²) in [5, 5.41) is 18.6. The predicted octanol–water partition coefficient (Wildman–Crippen LogP) is 0.997. The lowest BCUT2D eigenvalue weighted by molar-refractivity contribution is -0.148. The van der Waals surface area contributed by atoms with E-state index in [9.17, 15) is 19.8 Å². The van der Waals surface area contributed by atoms with Crippen molar-refractivity contribution in [1.82, 2.24) is 9.80 Å². The molecule has 0 aliphatic carbocycles. The number of carboxylic acid groups (broad SMARTS) is 1. The maximum absolute atomic E-state index is 12.5. The van der Waals surface area contributed by atoms with Crippen molar-refractivity contribution in [2.24, 2.45) is 11.3 Å². The number of urea groups is 1. The van der Waals surface area contributed by atoms with Crippen molar-refractivity contribution in [3.8, 4) is 0 Å². The first kappa shape index (κ1) is 15.1. The number of amides is 2. The second-order valence-corrected chi connectivity index (χ2v) is 6.03. The van der Waals surface area contributed by atoms with Gasteiger partial charge in [0.05, 0.1) is 5.41 Å². The molecule has 2 unspecified atom stereocenters. The van der Waals surface area contributed by atoms with Crippen LogP contribution in [-0.4, -0.2) is 64.8 Å². The summed E-state index contributed by atoms with van der Waals surface area (Å²) < 4.78 is 0. The Kier molecular flexibility index (Phi) is 4.52. The van der Waals surface area contributed by atoms with Crippen LogP contribution in [-0.2, 0) is 4.79 Å². The summed E-state index contributed by atoms with van der Waals surface area (Å²) in [4.78, 5) is 27.3. The third-order valence-electron chi connectivity index (χ3n) is 4.80. The van der Waals surface area contributed by atoms with E-state index in [1.54, 1.807) is 9.80 Å². The fourth-order valence-corrected chi connectivity index (χ4v) is 3.24. The Bertz CT molecular complexity index is 387. The number of rotatable bonds is 3.